The van der Waals surface area contributed by atoms with Crippen LogP contribution in [0.1, 0.15) is 30.8 Å². The fraction of sp³-hybridized carbons (Fsp3) is 0.375. The smallest absolute Gasteiger partial charge is 0.270 e. The summed E-state index contributed by atoms with van der Waals surface area (Å²) in [6, 6.07) is 15.6. The van der Waals surface area contributed by atoms with Crippen LogP contribution >= 0.6 is 11.6 Å². The van der Waals surface area contributed by atoms with Crippen molar-refractivity contribution in [2.75, 3.05) is 19.7 Å². The number of aromatic nitrogens is 1. The standard InChI is InChI=1S/C24H25ClN2O2/c1-23(2)12-24(14-28)13-27(11-19(23)24)22(29)21-20(15-6-4-3-5-7-15)17-10-16(25)8-9-18(17)26-21/h3-10,19,26,28H,11-14H2,1-2H3/t19-,24-/m1/s1. The lowest BCUT2D eigenvalue weighted by atomic mass is 9.48. The van der Waals surface area contributed by atoms with E-state index in [9.17, 15) is 9.90 Å². The van der Waals surface area contributed by atoms with E-state index in [1.165, 1.54) is 0 Å². The lowest BCUT2D eigenvalue weighted by Gasteiger charge is -2.55. The van der Waals surface area contributed by atoms with E-state index in [1.54, 1.807) is 0 Å². The van der Waals surface area contributed by atoms with E-state index in [4.69, 9.17) is 11.6 Å². The third-order valence-electron chi connectivity index (χ3n) is 7.04. The van der Waals surface area contributed by atoms with Crippen LogP contribution in [-0.2, 0) is 0 Å². The van der Waals surface area contributed by atoms with Gasteiger partial charge in [0, 0.05) is 40.0 Å². The fourth-order valence-electron chi connectivity index (χ4n) is 5.88. The molecule has 5 rings (SSSR count). The molecule has 1 aliphatic heterocycles. The topological polar surface area (TPSA) is 56.3 Å². The molecule has 2 aromatic carbocycles. The molecule has 1 amide bonds. The normalized spacial score (nSPS) is 25.1. The Morgan fingerprint density at radius 3 is 2.66 bits per heavy atom. The molecule has 3 aromatic rings. The van der Waals surface area contributed by atoms with E-state index in [1.807, 2.05) is 53.4 Å². The summed E-state index contributed by atoms with van der Waals surface area (Å²) in [6.07, 6.45) is 0.957. The first kappa shape index (κ1) is 18.7. The Kier molecular flexibility index (Phi) is 4.10. The maximum Gasteiger partial charge on any atom is 0.270 e. The van der Waals surface area contributed by atoms with Crippen LogP contribution < -0.4 is 0 Å². The van der Waals surface area contributed by atoms with Crippen LogP contribution in [-0.4, -0.2) is 40.6 Å². The Balaban J connectivity index is 1.60. The van der Waals surface area contributed by atoms with Gasteiger partial charge >= 0.3 is 0 Å². The average Bonchev–Trinajstić information content (AvgIpc) is 3.24. The largest absolute Gasteiger partial charge is 0.396 e. The molecule has 0 unspecified atom stereocenters. The van der Waals surface area contributed by atoms with Gasteiger partial charge in [-0.3, -0.25) is 4.79 Å². The molecule has 2 aliphatic rings. The molecule has 0 spiro atoms. The van der Waals surface area contributed by atoms with Gasteiger partial charge in [-0.1, -0.05) is 55.8 Å². The van der Waals surface area contributed by atoms with Crippen molar-refractivity contribution in [3.8, 4) is 11.1 Å². The third-order valence-corrected chi connectivity index (χ3v) is 7.27. The van der Waals surface area contributed by atoms with Gasteiger partial charge in [0.25, 0.3) is 5.91 Å². The van der Waals surface area contributed by atoms with Crippen molar-refractivity contribution in [3.05, 3.63) is 59.2 Å². The number of hydrogen-bond acceptors (Lipinski definition) is 2. The highest BCUT2D eigenvalue weighted by Crippen LogP contribution is 2.62. The Labute approximate surface area is 175 Å². The zero-order valence-corrected chi connectivity index (χ0v) is 17.5. The second-order valence-electron chi connectivity index (χ2n) is 9.36. The molecule has 0 bridgehead atoms. The molecule has 29 heavy (non-hydrogen) atoms. The molecule has 2 fully saturated rings. The molecular weight excluding hydrogens is 384 g/mol. The van der Waals surface area contributed by atoms with E-state index >= 15 is 0 Å². The monoisotopic (exact) mass is 408 g/mol. The number of rotatable bonds is 3. The molecule has 1 aliphatic carbocycles. The van der Waals surface area contributed by atoms with Gasteiger partial charge in [0.1, 0.15) is 5.69 Å². The molecule has 0 radical (unpaired) electrons. The van der Waals surface area contributed by atoms with Crippen molar-refractivity contribution in [2.24, 2.45) is 16.7 Å². The van der Waals surface area contributed by atoms with Crippen LogP contribution in [0.2, 0.25) is 5.02 Å². The summed E-state index contributed by atoms with van der Waals surface area (Å²) >= 11 is 6.27. The van der Waals surface area contributed by atoms with Crippen LogP contribution in [0.3, 0.4) is 0 Å². The van der Waals surface area contributed by atoms with E-state index < -0.39 is 0 Å². The molecule has 2 atom stereocenters. The van der Waals surface area contributed by atoms with Crippen molar-refractivity contribution in [3.63, 3.8) is 0 Å². The summed E-state index contributed by atoms with van der Waals surface area (Å²) in [4.78, 5) is 18.9. The maximum atomic E-state index is 13.7. The number of carbonyl (C=O) groups is 1. The maximum absolute atomic E-state index is 13.7. The summed E-state index contributed by atoms with van der Waals surface area (Å²) in [5.41, 5.74) is 3.39. The highest BCUT2D eigenvalue weighted by molar-refractivity contribution is 6.31. The minimum atomic E-state index is -0.151. The van der Waals surface area contributed by atoms with Crippen molar-refractivity contribution in [1.29, 1.82) is 0 Å². The number of aromatic amines is 1. The van der Waals surface area contributed by atoms with Crippen molar-refractivity contribution >= 4 is 28.4 Å². The van der Waals surface area contributed by atoms with Gasteiger partial charge < -0.3 is 15.0 Å². The van der Waals surface area contributed by atoms with Crippen LogP contribution in [0, 0.1) is 16.7 Å². The SMILES string of the molecule is CC1(C)C[C@]2(CO)CN(C(=O)c3[nH]c4ccc(Cl)cc4c3-c3ccccc3)C[C@H]12. The highest BCUT2D eigenvalue weighted by Gasteiger charge is 2.63. The van der Waals surface area contributed by atoms with E-state index in [-0.39, 0.29) is 23.3 Å². The Bertz CT molecular complexity index is 1100. The van der Waals surface area contributed by atoms with Crippen molar-refractivity contribution in [2.45, 2.75) is 20.3 Å². The predicted octanol–water partition coefficient (Wildman–Crippen LogP) is 4.97. The summed E-state index contributed by atoms with van der Waals surface area (Å²) in [6.45, 7) is 5.91. The molecule has 4 nitrogen and oxygen atoms in total. The number of fused-ring (bicyclic) bond motifs is 2. The van der Waals surface area contributed by atoms with Crippen molar-refractivity contribution < 1.29 is 9.90 Å². The lowest BCUT2D eigenvalue weighted by Crippen LogP contribution is -2.54. The molecule has 1 saturated heterocycles. The van der Waals surface area contributed by atoms with Crippen LogP contribution in [0.4, 0.5) is 0 Å². The van der Waals surface area contributed by atoms with Gasteiger partial charge in [0.05, 0.1) is 6.61 Å². The molecule has 1 aromatic heterocycles. The number of halogens is 1. The summed E-state index contributed by atoms with van der Waals surface area (Å²) in [5.74, 6) is 0.331. The zero-order valence-electron chi connectivity index (χ0n) is 16.7. The number of hydrogen-bond donors (Lipinski definition) is 2. The number of carbonyl (C=O) groups excluding carboxylic acids is 1. The highest BCUT2D eigenvalue weighted by atomic mass is 35.5. The van der Waals surface area contributed by atoms with Gasteiger partial charge in [-0.05, 0) is 41.5 Å². The molecule has 1 saturated carbocycles. The summed E-state index contributed by atoms with van der Waals surface area (Å²) in [5, 5.41) is 11.7. The van der Waals surface area contributed by atoms with Gasteiger partial charge in [0.2, 0.25) is 0 Å². The van der Waals surface area contributed by atoms with Gasteiger partial charge in [-0.2, -0.15) is 0 Å². The number of benzene rings is 2. The quantitative estimate of drug-likeness (QED) is 0.642. The Morgan fingerprint density at radius 2 is 2.00 bits per heavy atom. The van der Waals surface area contributed by atoms with Crippen molar-refractivity contribution in [1.82, 2.24) is 9.88 Å². The Hall–Kier alpha value is -2.30. The summed E-state index contributed by atoms with van der Waals surface area (Å²) < 4.78 is 0. The molecule has 150 valence electrons. The number of H-pyrrole nitrogens is 1. The van der Waals surface area contributed by atoms with Crippen LogP contribution in [0.25, 0.3) is 22.0 Å². The van der Waals surface area contributed by atoms with Gasteiger partial charge in [0.15, 0.2) is 0 Å². The second-order valence-corrected chi connectivity index (χ2v) is 9.79. The second kappa shape index (κ2) is 6.35. The molecular formula is C24H25ClN2O2. The molecule has 2 heterocycles. The minimum Gasteiger partial charge on any atom is -0.396 e. The van der Waals surface area contributed by atoms with E-state index in [0.29, 0.717) is 29.7 Å². The number of aliphatic hydroxyl groups is 1. The first-order valence-electron chi connectivity index (χ1n) is 10.1. The molecule has 2 N–H and O–H groups in total. The lowest BCUT2D eigenvalue weighted by molar-refractivity contribution is -0.0977. The van der Waals surface area contributed by atoms with E-state index in [0.717, 1.165) is 28.5 Å². The van der Waals surface area contributed by atoms with Gasteiger partial charge in [-0.15, -0.1) is 0 Å². The number of amides is 1. The first-order valence-corrected chi connectivity index (χ1v) is 10.5. The number of nitrogens with one attached hydrogen (secondary N) is 1. The van der Waals surface area contributed by atoms with Gasteiger partial charge in [-0.25, -0.2) is 0 Å². The molecule has 5 heteroatoms. The van der Waals surface area contributed by atoms with Crippen LogP contribution in [0.15, 0.2) is 48.5 Å². The zero-order chi connectivity index (χ0) is 20.4. The first-order chi connectivity index (χ1) is 13.8. The van der Waals surface area contributed by atoms with E-state index in [2.05, 4.69) is 18.8 Å². The third kappa shape index (κ3) is 2.73. The fourth-order valence-corrected chi connectivity index (χ4v) is 6.05. The predicted molar refractivity (Wildman–Crippen MR) is 116 cm³/mol. The summed E-state index contributed by atoms with van der Waals surface area (Å²) in [7, 11) is 0. The number of nitrogens with zero attached hydrogens (tertiary/aromatic N) is 1. The van der Waals surface area contributed by atoms with Crippen LogP contribution in [0.5, 0.6) is 0 Å². The number of likely N-dealkylation sites (tertiary alicyclic amines) is 1. The number of aliphatic hydroxyl groups excluding tert-OH is 1. The Morgan fingerprint density at radius 1 is 1.24 bits per heavy atom. The average molecular weight is 409 g/mol. The minimum absolute atomic E-state index is 0.00537.